The second kappa shape index (κ2) is 4.76. The van der Waals surface area contributed by atoms with Gasteiger partial charge in [-0.05, 0) is 19.9 Å². The predicted molar refractivity (Wildman–Crippen MR) is 55.0 cm³/mol. The maximum atomic E-state index is 10.1. The molecule has 1 rings (SSSR count). The molecule has 5 heteroatoms. The standard InChI is InChI=1S/C9H11NO3S/c1-6-3-8(7(2)14-6)4-10-13-5-9(11)12/h3-4H,5H2,1-2H3,(H,11,12). The van der Waals surface area contributed by atoms with Gasteiger partial charge >= 0.3 is 5.97 Å². The Morgan fingerprint density at radius 1 is 1.71 bits per heavy atom. The molecule has 0 saturated heterocycles. The summed E-state index contributed by atoms with van der Waals surface area (Å²) in [6, 6.07) is 1.98. The lowest BCUT2D eigenvalue weighted by Gasteiger charge is -1.92. The van der Waals surface area contributed by atoms with Gasteiger partial charge in [-0.1, -0.05) is 5.16 Å². The van der Waals surface area contributed by atoms with Crippen LogP contribution in [0.25, 0.3) is 0 Å². The second-order valence-corrected chi connectivity index (χ2v) is 4.23. The van der Waals surface area contributed by atoms with Crippen molar-refractivity contribution in [2.75, 3.05) is 6.61 Å². The minimum absolute atomic E-state index is 0.404. The number of carbonyl (C=O) groups is 1. The highest BCUT2D eigenvalue weighted by Crippen LogP contribution is 2.18. The third-order valence-electron chi connectivity index (χ3n) is 1.53. The summed E-state index contributed by atoms with van der Waals surface area (Å²) in [5.74, 6) is -1.03. The number of aryl methyl sites for hydroxylation is 2. The van der Waals surface area contributed by atoms with Crippen molar-refractivity contribution in [1.82, 2.24) is 0 Å². The quantitative estimate of drug-likeness (QED) is 0.613. The van der Waals surface area contributed by atoms with Crippen molar-refractivity contribution in [3.8, 4) is 0 Å². The van der Waals surface area contributed by atoms with E-state index in [0.717, 1.165) is 10.4 Å². The molecular formula is C9H11NO3S. The van der Waals surface area contributed by atoms with E-state index >= 15 is 0 Å². The summed E-state index contributed by atoms with van der Waals surface area (Å²) in [4.78, 5) is 17.0. The summed E-state index contributed by atoms with van der Waals surface area (Å²) >= 11 is 1.67. The van der Waals surface area contributed by atoms with Gasteiger partial charge in [-0.3, -0.25) is 0 Å². The molecule has 0 aliphatic heterocycles. The van der Waals surface area contributed by atoms with E-state index in [2.05, 4.69) is 9.99 Å². The maximum Gasteiger partial charge on any atom is 0.344 e. The minimum atomic E-state index is -1.03. The lowest BCUT2D eigenvalue weighted by molar-refractivity contribution is -0.142. The summed E-state index contributed by atoms with van der Waals surface area (Å²) in [6.07, 6.45) is 1.53. The molecule has 0 fully saturated rings. The molecule has 0 radical (unpaired) electrons. The van der Waals surface area contributed by atoms with Crippen LogP contribution in [0.2, 0.25) is 0 Å². The van der Waals surface area contributed by atoms with Gasteiger partial charge in [-0.15, -0.1) is 11.3 Å². The minimum Gasteiger partial charge on any atom is -0.479 e. The molecular weight excluding hydrogens is 202 g/mol. The van der Waals surface area contributed by atoms with Crippen LogP contribution >= 0.6 is 11.3 Å². The number of rotatable bonds is 4. The zero-order valence-corrected chi connectivity index (χ0v) is 8.80. The fourth-order valence-electron chi connectivity index (χ4n) is 0.965. The number of hydrogen-bond acceptors (Lipinski definition) is 4. The van der Waals surface area contributed by atoms with Crippen LogP contribution in [0.15, 0.2) is 11.2 Å². The highest BCUT2D eigenvalue weighted by Gasteiger charge is 1.99. The van der Waals surface area contributed by atoms with Crippen molar-refractivity contribution in [1.29, 1.82) is 0 Å². The molecule has 0 amide bonds. The molecule has 0 aliphatic carbocycles. The van der Waals surface area contributed by atoms with Crippen LogP contribution in [0, 0.1) is 13.8 Å². The Hall–Kier alpha value is -1.36. The Balaban J connectivity index is 2.51. The first-order valence-electron chi connectivity index (χ1n) is 4.04. The Kier molecular flexibility index (Phi) is 3.64. The van der Waals surface area contributed by atoms with E-state index in [0.29, 0.717) is 0 Å². The molecule has 1 aromatic heterocycles. The van der Waals surface area contributed by atoms with Gasteiger partial charge in [0.15, 0.2) is 0 Å². The molecule has 0 atom stereocenters. The van der Waals surface area contributed by atoms with E-state index in [1.807, 2.05) is 19.9 Å². The van der Waals surface area contributed by atoms with E-state index in [-0.39, 0.29) is 0 Å². The summed E-state index contributed by atoms with van der Waals surface area (Å²) in [6.45, 7) is 3.59. The van der Waals surface area contributed by atoms with Crippen molar-refractivity contribution in [2.45, 2.75) is 13.8 Å². The lowest BCUT2D eigenvalue weighted by Crippen LogP contribution is -2.03. The first-order valence-corrected chi connectivity index (χ1v) is 4.85. The molecule has 76 valence electrons. The number of oxime groups is 1. The van der Waals surface area contributed by atoms with E-state index < -0.39 is 12.6 Å². The molecule has 1 heterocycles. The van der Waals surface area contributed by atoms with Crippen molar-refractivity contribution in [2.24, 2.45) is 5.16 Å². The topological polar surface area (TPSA) is 58.9 Å². The van der Waals surface area contributed by atoms with Gasteiger partial charge in [0.1, 0.15) is 0 Å². The second-order valence-electron chi connectivity index (χ2n) is 2.77. The lowest BCUT2D eigenvalue weighted by atomic mass is 10.3. The van der Waals surface area contributed by atoms with Gasteiger partial charge in [0.05, 0.1) is 6.21 Å². The van der Waals surface area contributed by atoms with Crippen LogP contribution in [-0.2, 0) is 9.63 Å². The van der Waals surface area contributed by atoms with Crippen LogP contribution in [-0.4, -0.2) is 23.9 Å². The first-order chi connectivity index (χ1) is 6.59. The Morgan fingerprint density at radius 3 is 2.93 bits per heavy atom. The zero-order chi connectivity index (χ0) is 10.6. The largest absolute Gasteiger partial charge is 0.479 e. The fourth-order valence-corrected chi connectivity index (χ4v) is 1.86. The van der Waals surface area contributed by atoms with Crippen LogP contribution in [0.4, 0.5) is 0 Å². The van der Waals surface area contributed by atoms with Crippen molar-refractivity contribution >= 4 is 23.5 Å². The molecule has 4 nitrogen and oxygen atoms in total. The summed E-state index contributed by atoms with van der Waals surface area (Å²) < 4.78 is 0. The van der Waals surface area contributed by atoms with Crippen LogP contribution in [0.1, 0.15) is 15.3 Å². The molecule has 0 spiro atoms. The smallest absolute Gasteiger partial charge is 0.344 e. The molecule has 0 aliphatic rings. The molecule has 0 aromatic carbocycles. The summed E-state index contributed by atoms with van der Waals surface area (Å²) in [5, 5.41) is 11.8. The molecule has 1 aromatic rings. The number of carboxylic acids is 1. The maximum absolute atomic E-state index is 10.1. The summed E-state index contributed by atoms with van der Waals surface area (Å²) in [5.41, 5.74) is 0.970. The van der Waals surface area contributed by atoms with Crippen LogP contribution in [0.3, 0.4) is 0 Å². The van der Waals surface area contributed by atoms with E-state index in [4.69, 9.17) is 5.11 Å². The number of aliphatic carboxylic acids is 1. The number of nitrogens with zero attached hydrogens (tertiary/aromatic N) is 1. The predicted octanol–water partition coefficient (Wildman–Crippen LogP) is 1.80. The molecule has 0 saturated carbocycles. The van der Waals surface area contributed by atoms with Crippen molar-refractivity contribution in [3.63, 3.8) is 0 Å². The molecule has 0 unspecified atom stereocenters. The number of hydrogen-bond donors (Lipinski definition) is 1. The molecule has 1 N–H and O–H groups in total. The average Bonchev–Trinajstić information content (AvgIpc) is 2.39. The van der Waals surface area contributed by atoms with E-state index in [1.54, 1.807) is 11.3 Å². The van der Waals surface area contributed by atoms with Gasteiger partial charge in [0.2, 0.25) is 6.61 Å². The zero-order valence-electron chi connectivity index (χ0n) is 7.98. The van der Waals surface area contributed by atoms with Crippen molar-refractivity contribution < 1.29 is 14.7 Å². The third kappa shape index (κ3) is 3.18. The fraction of sp³-hybridized carbons (Fsp3) is 0.333. The highest BCUT2D eigenvalue weighted by molar-refractivity contribution is 7.12. The summed E-state index contributed by atoms with van der Waals surface area (Å²) in [7, 11) is 0. The van der Waals surface area contributed by atoms with Crippen LogP contribution in [0.5, 0.6) is 0 Å². The Morgan fingerprint density at radius 2 is 2.43 bits per heavy atom. The SMILES string of the molecule is Cc1cc(C=NOCC(=O)O)c(C)s1. The Labute approximate surface area is 85.8 Å². The number of thiophene rings is 1. The third-order valence-corrected chi connectivity index (χ3v) is 2.52. The average molecular weight is 213 g/mol. The molecule has 0 bridgehead atoms. The first kappa shape index (κ1) is 10.7. The Bertz CT molecular complexity index is 357. The van der Waals surface area contributed by atoms with E-state index in [1.165, 1.54) is 11.1 Å². The van der Waals surface area contributed by atoms with Gasteiger partial charge in [0, 0.05) is 15.3 Å². The normalized spacial score (nSPS) is 10.7. The molecule has 14 heavy (non-hydrogen) atoms. The van der Waals surface area contributed by atoms with Gasteiger partial charge in [0.25, 0.3) is 0 Å². The van der Waals surface area contributed by atoms with Crippen LogP contribution < -0.4 is 0 Å². The number of carboxylic acid groups (broad SMARTS) is 1. The van der Waals surface area contributed by atoms with Gasteiger partial charge < -0.3 is 9.94 Å². The van der Waals surface area contributed by atoms with Gasteiger partial charge in [-0.25, -0.2) is 4.79 Å². The van der Waals surface area contributed by atoms with E-state index in [9.17, 15) is 4.79 Å². The van der Waals surface area contributed by atoms with Crippen molar-refractivity contribution in [3.05, 3.63) is 21.4 Å². The monoisotopic (exact) mass is 213 g/mol. The van der Waals surface area contributed by atoms with Gasteiger partial charge in [-0.2, -0.15) is 0 Å². The highest BCUT2D eigenvalue weighted by atomic mass is 32.1.